The SMILES string of the molecule is CNC(C(=O)Nc1ccc(OCC2CCCCC2)cc1)c1cnn(C)c1. The zero-order chi connectivity index (χ0) is 18.4. The molecule has 1 heterocycles. The van der Waals surface area contributed by atoms with E-state index in [0.717, 1.165) is 23.6 Å². The normalized spacial score (nSPS) is 16.2. The molecule has 1 amide bonds. The van der Waals surface area contributed by atoms with Gasteiger partial charge in [0.25, 0.3) is 0 Å². The molecule has 1 saturated carbocycles. The number of anilines is 1. The van der Waals surface area contributed by atoms with Crippen LogP contribution < -0.4 is 15.4 Å². The summed E-state index contributed by atoms with van der Waals surface area (Å²) in [6, 6.07) is 7.15. The Bertz CT molecular complexity index is 705. The summed E-state index contributed by atoms with van der Waals surface area (Å²) in [6.45, 7) is 0.786. The predicted molar refractivity (Wildman–Crippen MR) is 102 cm³/mol. The lowest BCUT2D eigenvalue weighted by atomic mass is 9.90. The van der Waals surface area contributed by atoms with Crippen LogP contribution in [0.25, 0.3) is 0 Å². The predicted octanol–water partition coefficient (Wildman–Crippen LogP) is 3.28. The van der Waals surface area contributed by atoms with Crippen LogP contribution in [0.1, 0.15) is 43.7 Å². The number of ether oxygens (including phenoxy) is 1. The number of amides is 1. The van der Waals surface area contributed by atoms with E-state index in [1.54, 1.807) is 17.9 Å². The van der Waals surface area contributed by atoms with Gasteiger partial charge in [-0.3, -0.25) is 9.48 Å². The topological polar surface area (TPSA) is 68.2 Å². The molecular formula is C20H28N4O2. The Kier molecular flexibility index (Phi) is 6.28. The first-order valence-corrected chi connectivity index (χ1v) is 9.35. The molecule has 6 nitrogen and oxygen atoms in total. The lowest BCUT2D eigenvalue weighted by Gasteiger charge is -2.21. The molecule has 1 fully saturated rings. The molecular weight excluding hydrogens is 328 g/mol. The Morgan fingerprint density at radius 1 is 1.27 bits per heavy atom. The van der Waals surface area contributed by atoms with Crippen molar-refractivity contribution >= 4 is 11.6 Å². The monoisotopic (exact) mass is 356 g/mol. The van der Waals surface area contributed by atoms with Crippen LogP contribution in [0, 0.1) is 5.92 Å². The molecule has 0 spiro atoms. The highest BCUT2D eigenvalue weighted by Crippen LogP contribution is 2.25. The van der Waals surface area contributed by atoms with E-state index in [0.29, 0.717) is 5.92 Å². The number of rotatable bonds is 7. The van der Waals surface area contributed by atoms with Crippen LogP contribution in [0.3, 0.4) is 0 Å². The van der Waals surface area contributed by atoms with Crippen LogP contribution in [-0.4, -0.2) is 29.3 Å². The van der Waals surface area contributed by atoms with Crippen molar-refractivity contribution in [2.24, 2.45) is 13.0 Å². The largest absolute Gasteiger partial charge is 0.493 e. The van der Waals surface area contributed by atoms with Crippen molar-refractivity contribution in [1.82, 2.24) is 15.1 Å². The third kappa shape index (κ3) is 4.85. The number of nitrogens with one attached hydrogen (secondary N) is 2. The van der Waals surface area contributed by atoms with E-state index in [9.17, 15) is 4.79 Å². The molecule has 1 aliphatic rings. The van der Waals surface area contributed by atoms with Crippen molar-refractivity contribution in [1.29, 1.82) is 0 Å². The van der Waals surface area contributed by atoms with E-state index in [4.69, 9.17) is 4.74 Å². The van der Waals surface area contributed by atoms with Crippen LogP contribution in [-0.2, 0) is 11.8 Å². The van der Waals surface area contributed by atoms with Gasteiger partial charge in [0.1, 0.15) is 11.8 Å². The van der Waals surface area contributed by atoms with E-state index in [1.807, 2.05) is 37.5 Å². The molecule has 26 heavy (non-hydrogen) atoms. The maximum Gasteiger partial charge on any atom is 0.246 e. The van der Waals surface area contributed by atoms with Gasteiger partial charge in [-0.05, 0) is 50.1 Å². The standard InChI is InChI=1S/C20H28N4O2/c1-21-19(16-12-22-24(2)13-16)20(25)23-17-8-10-18(11-9-17)26-14-15-6-4-3-5-7-15/h8-13,15,19,21H,3-7,14H2,1-2H3,(H,23,25). The van der Waals surface area contributed by atoms with Crippen molar-refractivity contribution in [2.75, 3.05) is 19.0 Å². The van der Waals surface area contributed by atoms with Gasteiger partial charge in [-0.1, -0.05) is 19.3 Å². The fraction of sp³-hybridized carbons (Fsp3) is 0.500. The molecule has 2 aromatic rings. The lowest BCUT2D eigenvalue weighted by molar-refractivity contribution is -0.118. The fourth-order valence-corrected chi connectivity index (χ4v) is 3.46. The van der Waals surface area contributed by atoms with E-state index >= 15 is 0 Å². The quantitative estimate of drug-likeness (QED) is 0.799. The number of benzene rings is 1. The number of aryl methyl sites for hydroxylation is 1. The maximum absolute atomic E-state index is 12.5. The minimum atomic E-state index is -0.439. The molecule has 3 rings (SSSR count). The number of likely N-dealkylation sites (N-methyl/N-ethyl adjacent to an activating group) is 1. The molecule has 0 radical (unpaired) electrons. The molecule has 1 aliphatic carbocycles. The lowest BCUT2D eigenvalue weighted by Crippen LogP contribution is -2.30. The Labute approximate surface area is 154 Å². The van der Waals surface area contributed by atoms with E-state index in [-0.39, 0.29) is 5.91 Å². The van der Waals surface area contributed by atoms with Gasteiger partial charge < -0.3 is 15.4 Å². The number of carbonyl (C=O) groups is 1. The Hall–Kier alpha value is -2.34. The summed E-state index contributed by atoms with van der Waals surface area (Å²) in [4.78, 5) is 12.5. The van der Waals surface area contributed by atoms with E-state index in [1.165, 1.54) is 32.1 Å². The second-order valence-corrected chi connectivity index (χ2v) is 7.00. The summed E-state index contributed by atoms with van der Waals surface area (Å²) in [7, 11) is 3.60. The second-order valence-electron chi connectivity index (χ2n) is 7.00. The number of hydrogen-bond acceptors (Lipinski definition) is 4. The summed E-state index contributed by atoms with van der Waals surface area (Å²) in [5.74, 6) is 1.42. The van der Waals surface area contributed by atoms with Crippen molar-refractivity contribution in [2.45, 2.75) is 38.1 Å². The average molecular weight is 356 g/mol. The van der Waals surface area contributed by atoms with Gasteiger partial charge in [0.15, 0.2) is 0 Å². The Morgan fingerprint density at radius 3 is 2.62 bits per heavy atom. The van der Waals surface area contributed by atoms with Crippen molar-refractivity contribution in [3.05, 3.63) is 42.2 Å². The summed E-state index contributed by atoms with van der Waals surface area (Å²) in [5, 5.41) is 10.1. The molecule has 0 bridgehead atoms. The number of carbonyl (C=O) groups excluding carboxylic acids is 1. The first-order chi connectivity index (χ1) is 12.7. The van der Waals surface area contributed by atoms with E-state index < -0.39 is 6.04 Å². The number of hydrogen-bond donors (Lipinski definition) is 2. The first kappa shape index (κ1) is 18.5. The van der Waals surface area contributed by atoms with Gasteiger partial charge in [-0.2, -0.15) is 5.10 Å². The summed E-state index contributed by atoms with van der Waals surface area (Å²) in [6.07, 6.45) is 10.1. The first-order valence-electron chi connectivity index (χ1n) is 9.35. The molecule has 1 unspecified atom stereocenters. The second kappa shape index (κ2) is 8.85. The third-order valence-corrected chi connectivity index (χ3v) is 4.94. The van der Waals surface area contributed by atoms with Crippen LogP contribution in [0.15, 0.2) is 36.7 Å². The molecule has 1 atom stereocenters. The summed E-state index contributed by atoms with van der Waals surface area (Å²) < 4.78 is 7.60. The smallest absolute Gasteiger partial charge is 0.246 e. The van der Waals surface area contributed by atoms with E-state index in [2.05, 4.69) is 15.7 Å². The highest BCUT2D eigenvalue weighted by atomic mass is 16.5. The maximum atomic E-state index is 12.5. The zero-order valence-corrected chi connectivity index (χ0v) is 15.6. The molecule has 0 aliphatic heterocycles. The van der Waals surface area contributed by atoms with Crippen molar-refractivity contribution < 1.29 is 9.53 Å². The van der Waals surface area contributed by atoms with Gasteiger partial charge in [0.2, 0.25) is 5.91 Å². The van der Waals surface area contributed by atoms with Crippen molar-refractivity contribution in [3.8, 4) is 5.75 Å². The van der Waals surface area contributed by atoms with Crippen molar-refractivity contribution in [3.63, 3.8) is 0 Å². The van der Waals surface area contributed by atoms with Gasteiger partial charge >= 0.3 is 0 Å². The third-order valence-electron chi connectivity index (χ3n) is 4.94. The van der Waals surface area contributed by atoms with Crippen LogP contribution in [0.2, 0.25) is 0 Å². The highest BCUT2D eigenvalue weighted by molar-refractivity contribution is 5.95. The summed E-state index contributed by atoms with van der Waals surface area (Å²) >= 11 is 0. The van der Waals surface area contributed by atoms with Gasteiger partial charge in [-0.15, -0.1) is 0 Å². The van der Waals surface area contributed by atoms with Gasteiger partial charge in [0, 0.05) is 24.5 Å². The van der Waals surface area contributed by atoms with Gasteiger partial charge in [-0.25, -0.2) is 0 Å². The molecule has 1 aromatic heterocycles. The molecule has 6 heteroatoms. The zero-order valence-electron chi connectivity index (χ0n) is 15.6. The highest BCUT2D eigenvalue weighted by Gasteiger charge is 2.20. The molecule has 0 saturated heterocycles. The molecule has 2 N–H and O–H groups in total. The summed E-state index contributed by atoms with van der Waals surface area (Å²) in [5.41, 5.74) is 1.59. The number of nitrogens with zero attached hydrogens (tertiary/aromatic N) is 2. The minimum Gasteiger partial charge on any atom is -0.493 e. The fourth-order valence-electron chi connectivity index (χ4n) is 3.46. The number of aromatic nitrogens is 2. The molecule has 140 valence electrons. The Morgan fingerprint density at radius 2 is 2.00 bits per heavy atom. The van der Waals surface area contributed by atoms with Crippen LogP contribution in [0.5, 0.6) is 5.75 Å². The Balaban J connectivity index is 1.53. The van der Waals surface area contributed by atoms with Crippen LogP contribution >= 0.6 is 0 Å². The van der Waals surface area contributed by atoms with Gasteiger partial charge in [0.05, 0.1) is 12.8 Å². The van der Waals surface area contributed by atoms with Crippen LogP contribution in [0.4, 0.5) is 5.69 Å². The minimum absolute atomic E-state index is 0.114. The molecule has 1 aromatic carbocycles. The average Bonchev–Trinajstić information content (AvgIpc) is 3.08.